The van der Waals surface area contributed by atoms with Crippen molar-refractivity contribution in [3.05, 3.63) is 81.0 Å². The molecule has 0 aliphatic carbocycles. The van der Waals surface area contributed by atoms with Gasteiger partial charge in [0.1, 0.15) is 5.39 Å². The van der Waals surface area contributed by atoms with Crippen LogP contribution in [0.5, 0.6) is 0 Å². The predicted octanol–water partition coefficient (Wildman–Crippen LogP) is 3.03. The first-order chi connectivity index (χ1) is 17.2. The highest BCUT2D eigenvalue weighted by atomic mass is 16.1. The molecule has 0 saturated heterocycles. The Labute approximate surface area is 208 Å². The number of hydrogen-bond donors (Lipinski definition) is 2. The first-order valence-electron chi connectivity index (χ1n) is 12.0. The minimum absolute atomic E-state index is 0.0607. The summed E-state index contributed by atoms with van der Waals surface area (Å²) in [5.41, 5.74) is 3.38. The van der Waals surface area contributed by atoms with E-state index in [0.717, 1.165) is 18.8 Å². The molecule has 186 valence electrons. The van der Waals surface area contributed by atoms with Crippen LogP contribution in [-0.4, -0.2) is 35.7 Å². The molecule has 2 N–H and O–H groups in total. The Kier molecular flexibility index (Phi) is 5.83. The van der Waals surface area contributed by atoms with Crippen molar-refractivity contribution < 1.29 is 0 Å². The number of fused-ring (bicyclic) bond motifs is 2. The minimum Gasteiger partial charge on any atom is -0.324 e. The number of benzene rings is 1. The lowest BCUT2D eigenvalue weighted by Gasteiger charge is -2.33. The minimum atomic E-state index is -0.261. The summed E-state index contributed by atoms with van der Waals surface area (Å²) in [4.78, 5) is 34.6. The van der Waals surface area contributed by atoms with Gasteiger partial charge in [-0.3, -0.25) is 9.59 Å². The largest absolute Gasteiger partial charge is 0.324 e. The van der Waals surface area contributed by atoms with Crippen molar-refractivity contribution in [2.75, 3.05) is 11.9 Å². The second-order valence-corrected chi connectivity index (χ2v) is 9.97. The summed E-state index contributed by atoms with van der Waals surface area (Å²) in [6.07, 6.45) is 3.15. The molecular weight excluding hydrogens is 456 g/mol. The van der Waals surface area contributed by atoms with E-state index in [9.17, 15) is 9.59 Å². The molecule has 1 aliphatic heterocycles. The smallest absolute Gasteiger partial charge is 0.278 e. The lowest BCUT2D eigenvalue weighted by Crippen LogP contribution is -2.38. The van der Waals surface area contributed by atoms with Crippen LogP contribution in [0.2, 0.25) is 0 Å². The van der Waals surface area contributed by atoms with Gasteiger partial charge in [0.2, 0.25) is 5.95 Å². The van der Waals surface area contributed by atoms with E-state index < -0.39 is 0 Å². The molecule has 0 saturated carbocycles. The van der Waals surface area contributed by atoms with E-state index in [2.05, 4.69) is 53.3 Å². The van der Waals surface area contributed by atoms with Crippen LogP contribution >= 0.6 is 0 Å². The summed E-state index contributed by atoms with van der Waals surface area (Å²) in [6, 6.07) is 9.16. The van der Waals surface area contributed by atoms with Gasteiger partial charge in [-0.1, -0.05) is 26.0 Å². The van der Waals surface area contributed by atoms with Crippen molar-refractivity contribution in [2.45, 2.75) is 52.2 Å². The molecule has 0 radical (unpaired) electrons. The lowest BCUT2D eigenvalue weighted by atomic mass is 9.79. The lowest BCUT2D eigenvalue weighted by molar-refractivity contribution is 0.435. The topological polar surface area (TPSA) is 112 Å². The Bertz CT molecular complexity index is 1590. The molecule has 0 spiro atoms. The number of anilines is 2. The Hall–Kier alpha value is -4.05. The summed E-state index contributed by atoms with van der Waals surface area (Å²) >= 11 is 0. The van der Waals surface area contributed by atoms with Crippen molar-refractivity contribution in [1.29, 1.82) is 0 Å². The highest BCUT2D eigenvalue weighted by Gasteiger charge is 2.27. The highest BCUT2D eigenvalue weighted by molar-refractivity contribution is 5.77. The standard InChI is InChI=1S/C26H30N8O2/c1-6-11-32-24(36)19-14-28-25(29-18-7-8-20-17(12-18)13-27-15-26(20,4)5)30-23(19)34(32)21-9-10-22(35)33(31-21)16(2)3/h6-10,12,14,16,27H,1,11,13,15H2,2-5H3,(H,28,29,30). The van der Waals surface area contributed by atoms with Crippen LogP contribution in [0.15, 0.2) is 58.8 Å². The van der Waals surface area contributed by atoms with Gasteiger partial charge in [-0.2, -0.15) is 4.98 Å². The average Bonchev–Trinajstić information content (AvgIpc) is 3.10. The van der Waals surface area contributed by atoms with E-state index in [-0.39, 0.29) is 29.1 Å². The van der Waals surface area contributed by atoms with Gasteiger partial charge in [0.15, 0.2) is 11.5 Å². The first-order valence-corrected chi connectivity index (χ1v) is 12.0. The van der Waals surface area contributed by atoms with Crippen molar-refractivity contribution >= 4 is 22.7 Å². The van der Waals surface area contributed by atoms with Gasteiger partial charge in [0.05, 0.1) is 12.6 Å². The molecule has 0 fully saturated rings. The Morgan fingerprint density at radius 2 is 2.03 bits per heavy atom. The van der Waals surface area contributed by atoms with Crippen LogP contribution in [0.4, 0.5) is 11.6 Å². The second kappa shape index (κ2) is 8.87. The van der Waals surface area contributed by atoms with E-state index in [1.54, 1.807) is 16.8 Å². The maximum atomic E-state index is 13.2. The fourth-order valence-electron chi connectivity index (χ4n) is 4.72. The van der Waals surface area contributed by atoms with Crippen LogP contribution in [0.25, 0.3) is 16.9 Å². The molecule has 0 atom stereocenters. The fraction of sp³-hybridized carbons (Fsp3) is 0.346. The number of hydrogen-bond acceptors (Lipinski definition) is 7. The summed E-state index contributed by atoms with van der Waals surface area (Å²) in [5.74, 6) is 0.760. The van der Waals surface area contributed by atoms with E-state index in [0.29, 0.717) is 22.8 Å². The first kappa shape index (κ1) is 23.7. The second-order valence-electron chi connectivity index (χ2n) is 9.97. The van der Waals surface area contributed by atoms with Gasteiger partial charge in [0, 0.05) is 36.5 Å². The highest BCUT2D eigenvalue weighted by Crippen LogP contribution is 2.31. The normalized spacial score (nSPS) is 14.7. The van der Waals surface area contributed by atoms with E-state index in [4.69, 9.17) is 4.98 Å². The maximum Gasteiger partial charge on any atom is 0.278 e. The van der Waals surface area contributed by atoms with Crippen molar-refractivity contribution in [3.8, 4) is 5.82 Å². The molecule has 4 aromatic rings. The average molecular weight is 487 g/mol. The van der Waals surface area contributed by atoms with Crippen LogP contribution in [-0.2, 0) is 18.5 Å². The van der Waals surface area contributed by atoms with Gasteiger partial charge >= 0.3 is 0 Å². The molecule has 0 amide bonds. The van der Waals surface area contributed by atoms with Crippen LogP contribution in [0.1, 0.15) is 44.9 Å². The van der Waals surface area contributed by atoms with Gasteiger partial charge in [-0.15, -0.1) is 11.7 Å². The van der Waals surface area contributed by atoms with E-state index in [1.165, 1.54) is 32.8 Å². The van der Waals surface area contributed by atoms with Gasteiger partial charge < -0.3 is 10.6 Å². The Balaban J connectivity index is 1.62. The summed E-state index contributed by atoms with van der Waals surface area (Å²) in [7, 11) is 0. The molecule has 1 aromatic carbocycles. The van der Waals surface area contributed by atoms with E-state index >= 15 is 0 Å². The Morgan fingerprint density at radius 1 is 1.22 bits per heavy atom. The third-order valence-electron chi connectivity index (χ3n) is 6.47. The van der Waals surface area contributed by atoms with Crippen molar-refractivity contribution in [2.24, 2.45) is 0 Å². The fourth-order valence-corrected chi connectivity index (χ4v) is 4.72. The molecule has 10 heteroatoms. The van der Waals surface area contributed by atoms with Gasteiger partial charge in [-0.25, -0.2) is 19.0 Å². The Morgan fingerprint density at radius 3 is 2.78 bits per heavy atom. The zero-order valence-corrected chi connectivity index (χ0v) is 20.9. The van der Waals surface area contributed by atoms with Crippen molar-refractivity contribution in [3.63, 3.8) is 0 Å². The van der Waals surface area contributed by atoms with Crippen LogP contribution in [0, 0.1) is 0 Å². The molecule has 36 heavy (non-hydrogen) atoms. The number of rotatable bonds is 6. The predicted molar refractivity (Wildman–Crippen MR) is 140 cm³/mol. The van der Waals surface area contributed by atoms with Gasteiger partial charge in [0.25, 0.3) is 11.1 Å². The van der Waals surface area contributed by atoms with E-state index in [1.807, 2.05) is 19.9 Å². The number of aromatic nitrogens is 6. The molecule has 10 nitrogen and oxygen atoms in total. The molecular formula is C26H30N8O2. The summed E-state index contributed by atoms with van der Waals surface area (Å²) in [5, 5.41) is 11.6. The summed E-state index contributed by atoms with van der Waals surface area (Å²) < 4.78 is 4.48. The SMILES string of the molecule is C=CCn1c(=O)c2cnc(Nc3ccc4c(c3)CNCC4(C)C)nc2n1-c1ccc(=O)n(C(C)C)n1. The molecule has 1 aliphatic rings. The molecule has 4 heterocycles. The zero-order chi connectivity index (χ0) is 25.6. The van der Waals surface area contributed by atoms with Crippen LogP contribution < -0.4 is 21.8 Å². The van der Waals surface area contributed by atoms with Gasteiger partial charge in [-0.05, 0) is 43.2 Å². The third kappa shape index (κ3) is 4.03. The summed E-state index contributed by atoms with van der Waals surface area (Å²) in [6.45, 7) is 14.0. The molecule has 0 unspecified atom stereocenters. The molecule has 3 aromatic heterocycles. The zero-order valence-electron chi connectivity index (χ0n) is 20.9. The van der Waals surface area contributed by atoms with Crippen LogP contribution in [0.3, 0.4) is 0 Å². The monoisotopic (exact) mass is 486 g/mol. The van der Waals surface area contributed by atoms with Crippen molar-refractivity contribution in [1.82, 2.24) is 34.4 Å². The quantitative estimate of drug-likeness (QED) is 0.403. The number of nitrogens with zero attached hydrogens (tertiary/aromatic N) is 6. The molecule has 5 rings (SSSR count). The molecule has 0 bridgehead atoms. The number of nitrogens with one attached hydrogen (secondary N) is 2. The number of allylic oxidation sites excluding steroid dienone is 1. The maximum absolute atomic E-state index is 13.2. The third-order valence-corrected chi connectivity index (χ3v) is 6.47.